The van der Waals surface area contributed by atoms with Crippen LogP contribution in [0.15, 0.2) is 163 Å². The Morgan fingerprint density at radius 2 is 1.06 bits per heavy atom. The fourth-order valence-electron chi connectivity index (χ4n) is 6.75. The molecule has 0 amide bonds. The average Bonchev–Trinajstić information content (AvgIpc) is 3.65. The summed E-state index contributed by atoms with van der Waals surface area (Å²) in [5.74, 6) is 0.815. The van der Waals surface area contributed by atoms with Gasteiger partial charge in [-0.15, -0.1) is 0 Å². The second-order valence-electron chi connectivity index (χ2n) is 11.2. The minimum Gasteiger partial charge on any atom is -0.296 e. The number of hydrogen-bond acceptors (Lipinski definition) is 1. The number of para-hydroxylation sites is 2. The van der Waals surface area contributed by atoms with Gasteiger partial charge in [0.25, 0.3) is 0 Å². The molecule has 1 aromatic heterocycles. The molecule has 0 radical (unpaired) electrons. The number of benzene rings is 8. The molecule has 8 aromatic carbocycles. The summed E-state index contributed by atoms with van der Waals surface area (Å²) in [6, 6.07) is 18.4. The van der Waals surface area contributed by atoms with Gasteiger partial charge in [0, 0.05) is 11.8 Å². The highest BCUT2D eigenvalue weighted by Gasteiger charge is 2.21. The van der Waals surface area contributed by atoms with Crippen molar-refractivity contribution >= 4 is 43.4 Å². The van der Waals surface area contributed by atoms with Crippen molar-refractivity contribution in [3.05, 3.63) is 169 Å². The molecule has 0 saturated heterocycles. The van der Waals surface area contributed by atoms with E-state index in [2.05, 4.69) is 4.57 Å². The Kier molecular flexibility index (Phi) is 4.04. The standard InChI is InChI=1S/C45H32N2/c1-2-43-46-40-26-14-15-27-42(40)47(43)41-29-28-39(32-19-7-8-20-33(32)41)45-37-24-12-10-22-35(37)44(36-23-11-13-25-38(36)45)34-21-9-6-18-31(34)30-16-4-3-5-17-30/h3-29H,2H2,1H3/i3D,4D,5D,10D,11D,12D,13D,16D,17D,22D,23D,24D,25D. The first-order valence-corrected chi connectivity index (χ1v) is 15.3. The van der Waals surface area contributed by atoms with Gasteiger partial charge in [0.1, 0.15) is 5.82 Å². The van der Waals surface area contributed by atoms with Crippen molar-refractivity contribution in [2.45, 2.75) is 13.3 Å². The van der Waals surface area contributed by atoms with Gasteiger partial charge in [0.05, 0.1) is 34.5 Å². The van der Waals surface area contributed by atoms with E-state index >= 15 is 0 Å². The monoisotopic (exact) mass is 613 g/mol. The lowest BCUT2D eigenvalue weighted by Crippen LogP contribution is -2.01. The lowest BCUT2D eigenvalue weighted by atomic mass is 9.83. The van der Waals surface area contributed by atoms with Crippen LogP contribution in [0.2, 0.25) is 0 Å². The van der Waals surface area contributed by atoms with E-state index in [9.17, 15) is 5.48 Å². The zero-order valence-corrected chi connectivity index (χ0v) is 25.2. The minimum atomic E-state index is -0.597. The van der Waals surface area contributed by atoms with Gasteiger partial charge in [-0.2, -0.15) is 0 Å². The van der Waals surface area contributed by atoms with Crippen LogP contribution < -0.4 is 0 Å². The zero-order chi connectivity index (χ0) is 42.6. The van der Waals surface area contributed by atoms with Gasteiger partial charge in [0.15, 0.2) is 0 Å². The van der Waals surface area contributed by atoms with Crippen molar-refractivity contribution in [3.63, 3.8) is 0 Å². The van der Waals surface area contributed by atoms with E-state index in [1.165, 1.54) is 6.07 Å². The Morgan fingerprint density at radius 3 is 1.74 bits per heavy atom. The second-order valence-corrected chi connectivity index (χ2v) is 11.2. The molecule has 9 rings (SSSR count). The van der Waals surface area contributed by atoms with Crippen molar-refractivity contribution < 1.29 is 17.8 Å². The lowest BCUT2D eigenvalue weighted by molar-refractivity contribution is 0.913. The first-order valence-electron chi connectivity index (χ1n) is 21.8. The molecule has 0 unspecified atom stereocenters. The molecular formula is C45H32N2. The summed E-state index contributed by atoms with van der Waals surface area (Å²) in [7, 11) is 0. The first-order chi connectivity index (χ1) is 28.7. The van der Waals surface area contributed by atoms with Gasteiger partial charge < -0.3 is 0 Å². The van der Waals surface area contributed by atoms with E-state index in [0.717, 1.165) is 27.9 Å². The molecule has 47 heavy (non-hydrogen) atoms. The Morgan fingerprint density at radius 1 is 0.511 bits per heavy atom. The molecule has 9 aromatic rings. The number of aryl methyl sites for hydroxylation is 1. The second kappa shape index (κ2) is 11.1. The zero-order valence-electron chi connectivity index (χ0n) is 38.2. The third-order valence-electron chi connectivity index (χ3n) is 8.70. The topological polar surface area (TPSA) is 17.8 Å². The molecule has 0 spiro atoms. The van der Waals surface area contributed by atoms with Crippen LogP contribution in [0.1, 0.15) is 30.6 Å². The number of fused-ring (bicyclic) bond motifs is 4. The average molecular weight is 614 g/mol. The maximum Gasteiger partial charge on any atom is 0.114 e. The highest BCUT2D eigenvalue weighted by atomic mass is 15.1. The van der Waals surface area contributed by atoms with E-state index in [-0.39, 0.29) is 49.4 Å². The molecule has 0 N–H and O–H groups in total. The van der Waals surface area contributed by atoms with Crippen LogP contribution in [0, 0.1) is 0 Å². The van der Waals surface area contributed by atoms with Crippen LogP contribution in [0.25, 0.3) is 82.4 Å². The summed E-state index contributed by atoms with van der Waals surface area (Å²) in [4.78, 5) is 4.89. The highest BCUT2D eigenvalue weighted by Crippen LogP contribution is 2.47. The highest BCUT2D eigenvalue weighted by molar-refractivity contribution is 6.24. The summed E-state index contributed by atoms with van der Waals surface area (Å²) in [5, 5.41) is 1.26. The molecule has 1 heterocycles. The molecule has 0 fully saturated rings. The van der Waals surface area contributed by atoms with Crippen molar-refractivity contribution in [2.75, 3.05) is 0 Å². The number of imidazole rings is 1. The van der Waals surface area contributed by atoms with E-state index in [1.807, 2.05) is 67.6 Å². The summed E-state index contributed by atoms with van der Waals surface area (Å²) in [6.45, 7) is 2.02. The number of rotatable bonds is 5. The summed E-state index contributed by atoms with van der Waals surface area (Å²) in [6.07, 6.45) is 0.623. The molecule has 0 atom stereocenters. The first kappa shape index (κ1) is 17.1. The van der Waals surface area contributed by atoms with Gasteiger partial charge in [-0.3, -0.25) is 4.57 Å². The summed E-state index contributed by atoms with van der Waals surface area (Å²) in [5.41, 5.74) is 3.18. The van der Waals surface area contributed by atoms with Crippen LogP contribution in [0.4, 0.5) is 0 Å². The number of aromatic nitrogens is 2. The minimum absolute atomic E-state index is 0.00330. The predicted octanol–water partition coefficient (Wildman–Crippen LogP) is 12.0. The van der Waals surface area contributed by atoms with Crippen LogP contribution in [-0.2, 0) is 6.42 Å². The van der Waals surface area contributed by atoms with Crippen LogP contribution >= 0.6 is 0 Å². The molecule has 0 bridgehead atoms. The molecule has 2 heteroatoms. The SMILES string of the molecule is [2H]c1c([2H])c([2H])c(-c2ccccc2-c2c3c([2H])c([2H])c([2H])c([2H])c3c(-c3ccc(-n4c(CC)nc5ccccc54)c4ccccc34)c3c([2H])c([2H])c([2H])c([2H])c23)c([2H])c1[2H]. The maximum atomic E-state index is 9.52. The van der Waals surface area contributed by atoms with Gasteiger partial charge in [-0.25, -0.2) is 4.98 Å². The molecule has 0 saturated carbocycles. The van der Waals surface area contributed by atoms with Crippen molar-refractivity contribution in [2.24, 2.45) is 0 Å². The Hall–Kier alpha value is -5.99. The van der Waals surface area contributed by atoms with Crippen molar-refractivity contribution in [1.29, 1.82) is 0 Å². The van der Waals surface area contributed by atoms with Crippen LogP contribution in [-0.4, -0.2) is 9.55 Å². The molecule has 2 nitrogen and oxygen atoms in total. The Balaban J connectivity index is 1.52. The van der Waals surface area contributed by atoms with Crippen LogP contribution in [0.3, 0.4) is 0 Å². The quantitative estimate of drug-likeness (QED) is 0.177. The smallest absolute Gasteiger partial charge is 0.114 e. The number of nitrogens with zero attached hydrogens (tertiary/aromatic N) is 2. The summed E-state index contributed by atoms with van der Waals surface area (Å²) < 4.78 is 119. The number of hydrogen-bond donors (Lipinski definition) is 0. The van der Waals surface area contributed by atoms with Crippen molar-refractivity contribution in [3.8, 4) is 39.1 Å². The fourth-order valence-corrected chi connectivity index (χ4v) is 6.75. The fraction of sp³-hybridized carbons (Fsp3) is 0.0444. The lowest BCUT2D eigenvalue weighted by Gasteiger charge is -2.21. The van der Waals surface area contributed by atoms with Gasteiger partial charge >= 0.3 is 0 Å². The molecular weight excluding hydrogens is 569 g/mol. The molecule has 222 valence electrons. The third-order valence-corrected chi connectivity index (χ3v) is 8.70. The van der Waals surface area contributed by atoms with E-state index in [0.29, 0.717) is 17.4 Å². The molecule has 0 aliphatic heterocycles. The molecule has 0 aliphatic carbocycles. The maximum absolute atomic E-state index is 9.52. The van der Waals surface area contributed by atoms with Crippen molar-refractivity contribution in [1.82, 2.24) is 9.55 Å². The van der Waals surface area contributed by atoms with Gasteiger partial charge in [0.2, 0.25) is 0 Å². The van der Waals surface area contributed by atoms with E-state index in [1.54, 1.807) is 18.2 Å². The van der Waals surface area contributed by atoms with E-state index in [4.69, 9.17) is 17.3 Å². The normalized spacial score (nSPS) is 15.5. The van der Waals surface area contributed by atoms with Gasteiger partial charge in [-0.05, 0) is 78.5 Å². The van der Waals surface area contributed by atoms with Gasteiger partial charge in [-0.1, -0.05) is 152 Å². The summed E-state index contributed by atoms with van der Waals surface area (Å²) >= 11 is 0. The van der Waals surface area contributed by atoms with E-state index < -0.39 is 78.6 Å². The molecule has 0 aliphatic rings. The third kappa shape index (κ3) is 4.30. The van der Waals surface area contributed by atoms with Crippen LogP contribution in [0.5, 0.6) is 0 Å². The largest absolute Gasteiger partial charge is 0.296 e. The Bertz CT molecular complexity index is 3250. The predicted molar refractivity (Wildman–Crippen MR) is 199 cm³/mol. The Labute approximate surface area is 292 Å².